The molecule has 0 atom stereocenters. The molecule has 1 N–H and O–H groups in total. The van der Waals surface area contributed by atoms with Crippen molar-refractivity contribution < 1.29 is 14.3 Å². The van der Waals surface area contributed by atoms with E-state index in [0.717, 1.165) is 30.0 Å². The average molecular weight is 281 g/mol. The van der Waals surface area contributed by atoms with Crippen molar-refractivity contribution in [1.29, 1.82) is 0 Å². The maximum absolute atomic E-state index is 12.9. The summed E-state index contributed by atoms with van der Waals surface area (Å²) < 4.78 is 11.3. The van der Waals surface area contributed by atoms with Crippen LogP contribution in [0.25, 0.3) is 0 Å². The van der Waals surface area contributed by atoms with E-state index < -0.39 is 0 Å². The standard InChI is InChI=1S/C17H15NO3/c19-15(12-4-1-3-11-7-9-20-16(11)12)13-5-2-6-14-17(13)21-10-8-18-14/h1-6,18H,7-10H2. The van der Waals surface area contributed by atoms with Gasteiger partial charge in [-0.15, -0.1) is 0 Å². The lowest BCUT2D eigenvalue weighted by molar-refractivity contribution is 0.103. The van der Waals surface area contributed by atoms with E-state index in [2.05, 4.69) is 5.32 Å². The van der Waals surface area contributed by atoms with E-state index in [9.17, 15) is 4.79 Å². The van der Waals surface area contributed by atoms with Crippen molar-refractivity contribution in [3.05, 3.63) is 53.1 Å². The van der Waals surface area contributed by atoms with Gasteiger partial charge in [0.2, 0.25) is 5.78 Å². The summed E-state index contributed by atoms with van der Waals surface area (Å²) >= 11 is 0. The summed E-state index contributed by atoms with van der Waals surface area (Å²) in [7, 11) is 0. The third kappa shape index (κ3) is 1.95. The molecule has 0 aliphatic carbocycles. The maximum atomic E-state index is 12.9. The monoisotopic (exact) mass is 281 g/mol. The predicted molar refractivity (Wildman–Crippen MR) is 79.5 cm³/mol. The summed E-state index contributed by atoms with van der Waals surface area (Å²) in [6.07, 6.45) is 0.863. The molecule has 0 fully saturated rings. The second kappa shape index (κ2) is 4.81. The number of rotatable bonds is 2. The third-order valence-electron chi connectivity index (χ3n) is 3.88. The molecule has 21 heavy (non-hydrogen) atoms. The maximum Gasteiger partial charge on any atom is 0.200 e. The summed E-state index contributed by atoms with van der Waals surface area (Å²) in [6.45, 7) is 1.97. The number of ether oxygens (including phenoxy) is 2. The quantitative estimate of drug-likeness (QED) is 0.860. The lowest BCUT2D eigenvalue weighted by atomic mass is 9.98. The van der Waals surface area contributed by atoms with Gasteiger partial charge in [0, 0.05) is 13.0 Å². The first-order chi connectivity index (χ1) is 10.3. The van der Waals surface area contributed by atoms with Crippen molar-refractivity contribution in [2.75, 3.05) is 25.1 Å². The third-order valence-corrected chi connectivity index (χ3v) is 3.88. The van der Waals surface area contributed by atoms with Gasteiger partial charge < -0.3 is 14.8 Å². The average Bonchev–Trinajstić information content (AvgIpc) is 3.02. The molecule has 2 aliphatic heterocycles. The van der Waals surface area contributed by atoms with Gasteiger partial charge in [-0.05, 0) is 23.8 Å². The Morgan fingerprint density at radius 2 is 1.71 bits per heavy atom. The molecule has 0 radical (unpaired) electrons. The largest absolute Gasteiger partial charge is 0.492 e. The molecular weight excluding hydrogens is 266 g/mol. The molecule has 0 aromatic heterocycles. The van der Waals surface area contributed by atoms with Crippen molar-refractivity contribution >= 4 is 11.5 Å². The van der Waals surface area contributed by atoms with Crippen molar-refractivity contribution in [2.24, 2.45) is 0 Å². The molecule has 0 amide bonds. The Bertz CT molecular complexity index is 724. The molecule has 2 aromatic carbocycles. The Hall–Kier alpha value is -2.49. The first-order valence-corrected chi connectivity index (χ1v) is 7.13. The predicted octanol–water partition coefficient (Wildman–Crippen LogP) is 2.66. The molecule has 2 heterocycles. The van der Waals surface area contributed by atoms with E-state index in [4.69, 9.17) is 9.47 Å². The number of hydrogen-bond donors (Lipinski definition) is 1. The van der Waals surface area contributed by atoms with Crippen molar-refractivity contribution in [1.82, 2.24) is 0 Å². The van der Waals surface area contributed by atoms with Crippen LogP contribution >= 0.6 is 0 Å². The molecule has 0 saturated carbocycles. The Morgan fingerprint density at radius 3 is 2.62 bits per heavy atom. The molecule has 0 spiro atoms. The van der Waals surface area contributed by atoms with Gasteiger partial charge in [0.15, 0.2) is 5.75 Å². The fourth-order valence-corrected chi connectivity index (χ4v) is 2.89. The minimum absolute atomic E-state index is 0.0469. The van der Waals surface area contributed by atoms with Gasteiger partial charge in [-0.3, -0.25) is 4.79 Å². The molecule has 106 valence electrons. The number of para-hydroxylation sites is 2. The number of carbonyl (C=O) groups excluding carboxylic acids is 1. The normalized spacial score (nSPS) is 15.2. The first-order valence-electron chi connectivity index (χ1n) is 7.13. The zero-order valence-corrected chi connectivity index (χ0v) is 11.5. The van der Waals surface area contributed by atoms with Crippen molar-refractivity contribution in [2.45, 2.75) is 6.42 Å². The van der Waals surface area contributed by atoms with Crippen LogP contribution in [0.3, 0.4) is 0 Å². The van der Waals surface area contributed by atoms with Gasteiger partial charge in [-0.2, -0.15) is 0 Å². The highest BCUT2D eigenvalue weighted by molar-refractivity contribution is 6.13. The zero-order valence-electron chi connectivity index (χ0n) is 11.5. The fourth-order valence-electron chi connectivity index (χ4n) is 2.89. The number of ketones is 1. The van der Waals surface area contributed by atoms with Gasteiger partial charge in [-0.25, -0.2) is 0 Å². The molecular formula is C17H15NO3. The Balaban J connectivity index is 1.81. The molecule has 0 saturated heterocycles. The van der Waals surface area contributed by atoms with E-state index >= 15 is 0 Å². The minimum atomic E-state index is -0.0469. The lowest BCUT2D eigenvalue weighted by Crippen LogP contribution is -2.20. The highest BCUT2D eigenvalue weighted by Gasteiger charge is 2.25. The lowest BCUT2D eigenvalue weighted by Gasteiger charge is -2.21. The number of hydrogen-bond acceptors (Lipinski definition) is 4. The summed E-state index contributed by atoms with van der Waals surface area (Å²) in [4.78, 5) is 12.9. The second-order valence-electron chi connectivity index (χ2n) is 5.18. The second-order valence-corrected chi connectivity index (χ2v) is 5.18. The summed E-state index contributed by atoms with van der Waals surface area (Å²) in [6, 6.07) is 11.4. The van der Waals surface area contributed by atoms with Crippen LogP contribution in [0.15, 0.2) is 36.4 Å². The smallest absolute Gasteiger partial charge is 0.200 e. The van der Waals surface area contributed by atoms with Crippen molar-refractivity contribution in [3.63, 3.8) is 0 Å². The molecule has 4 rings (SSSR count). The molecule has 4 heteroatoms. The van der Waals surface area contributed by atoms with E-state index in [1.54, 1.807) is 0 Å². The number of carbonyl (C=O) groups is 1. The Labute approximate surface area is 122 Å². The number of anilines is 1. The summed E-state index contributed by atoms with van der Waals surface area (Å²) in [5, 5.41) is 3.25. The molecule has 0 unspecified atom stereocenters. The fraction of sp³-hybridized carbons (Fsp3) is 0.235. The van der Waals surface area contributed by atoms with Crippen LogP contribution in [0.5, 0.6) is 11.5 Å². The van der Waals surface area contributed by atoms with Crippen LogP contribution in [0.4, 0.5) is 5.69 Å². The van der Waals surface area contributed by atoms with Gasteiger partial charge in [0.25, 0.3) is 0 Å². The van der Waals surface area contributed by atoms with E-state index in [0.29, 0.717) is 30.1 Å². The van der Waals surface area contributed by atoms with Crippen LogP contribution in [0.2, 0.25) is 0 Å². The Kier molecular flexibility index (Phi) is 2.81. The molecule has 2 aliphatic rings. The van der Waals surface area contributed by atoms with Crippen LogP contribution in [-0.2, 0) is 6.42 Å². The van der Waals surface area contributed by atoms with E-state index in [-0.39, 0.29) is 5.78 Å². The molecule has 4 nitrogen and oxygen atoms in total. The number of nitrogens with one attached hydrogen (secondary N) is 1. The summed E-state index contributed by atoms with van der Waals surface area (Å²) in [5.41, 5.74) is 3.18. The Morgan fingerprint density at radius 1 is 0.952 bits per heavy atom. The molecule has 0 bridgehead atoms. The van der Waals surface area contributed by atoms with Gasteiger partial charge in [0.1, 0.15) is 12.4 Å². The SMILES string of the molecule is O=C(c1cccc2c1OCC2)c1cccc2c1OCCN2. The van der Waals surface area contributed by atoms with Gasteiger partial charge in [-0.1, -0.05) is 18.2 Å². The van der Waals surface area contributed by atoms with E-state index in [1.807, 2.05) is 36.4 Å². The first kappa shape index (κ1) is 12.3. The topological polar surface area (TPSA) is 47.6 Å². The minimum Gasteiger partial charge on any atom is -0.492 e. The zero-order chi connectivity index (χ0) is 14.2. The van der Waals surface area contributed by atoms with Crippen LogP contribution in [0.1, 0.15) is 21.5 Å². The van der Waals surface area contributed by atoms with E-state index in [1.165, 1.54) is 0 Å². The highest BCUT2D eigenvalue weighted by Crippen LogP contribution is 2.36. The molecule has 2 aromatic rings. The van der Waals surface area contributed by atoms with Crippen LogP contribution in [0, 0.1) is 0 Å². The number of fused-ring (bicyclic) bond motifs is 2. The van der Waals surface area contributed by atoms with Crippen LogP contribution in [-0.4, -0.2) is 25.5 Å². The van der Waals surface area contributed by atoms with Gasteiger partial charge >= 0.3 is 0 Å². The van der Waals surface area contributed by atoms with Gasteiger partial charge in [0.05, 0.1) is 23.4 Å². The summed E-state index contributed by atoms with van der Waals surface area (Å²) in [5.74, 6) is 1.32. The van der Waals surface area contributed by atoms with Crippen LogP contribution < -0.4 is 14.8 Å². The highest BCUT2D eigenvalue weighted by atomic mass is 16.5. The van der Waals surface area contributed by atoms with Crippen molar-refractivity contribution in [3.8, 4) is 11.5 Å². The number of benzene rings is 2.